The number of benzene rings is 1. The number of rotatable bonds is 8. The number of aldehydes is 1. The molecule has 1 aliphatic heterocycles. The molecule has 0 spiro atoms. The third-order valence-electron chi connectivity index (χ3n) is 3.88. The van der Waals surface area contributed by atoms with Gasteiger partial charge in [0.05, 0.1) is 18.8 Å². The molecule has 2 rings (SSSR count). The predicted molar refractivity (Wildman–Crippen MR) is 96.9 cm³/mol. The molecule has 4 N–H and O–H groups in total. The first-order valence-electron chi connectivity index (χ1n) is 8.42. The number of nitrogens with two attached hydrogens (primary N) is 1. The Hall–Kier alpha value is -2.31. The second-order valence-electron chi connectivity index (χ2n) is 6.13. The number of carbonyl (C=O) groups excluding carboxylic acids is 1. The van der Waals surface area contributed by atoms with Gasteiger partial charge in [-0.2, -0.15) is 0 Å². The van der Waals surface area contributed by atoms with Crippen molar-refractivity contribution in [3.63, 3.8) is 0 Å². The van der Waals surface area contributed by atoms with Gasteiger partial charge < -0.3 is 25.6 Å². The Morgan fingerprint density at radius 1 is 1.48 bits per heavy atom. The molecule has 6 nitrogen and oxygen atoms in total. The van der Waals surface area contributed by atoms with Gasteiger partial charge in [-0.15, -0.1) is 0 Å². The highest BCUT2D eigenvalue weighted by atomic mass is 16.5. The zero-order chi connectivity index (χ0) is 18.2. The van der Waals surface area contributed by atoms with Crippen LogP contribution in [0.2, 0.25) is 0 Å². The van der Waals surface area contributed by atoms with E-state index in [0.29, 0.717) is 38.4 Å². The fraction of sp³-hybridized carbons (Fsp3) is 0.421. The maximum absolute atomic E-state index is 11.2. The SMILES string of the molecule is CC(C)N/C(=C\CN)C1=C(COc2cccc(O)c2C=O)CCOC1. The summed E-state index contributed by atoms with van der Waals surface area (Å²) in [5, 5.41) is 13.2. The van der Waals surface area contributed by atoms with Crippen LogP contribution in [0.4, 0.5) is 0 Å². The van der Waals surface area contributed by atoms with Gasteiger partial charge in [0.1, 0.15) is 18.1 Å². The van der Waals surface area contributed by atoms with E-state index >= 15 is 0 Å². The number of nitrogens with one attached hydrogen (secondary N) is 1. The second-order valence-corrected chi connectivity index (χ2v) is 6.13. The zero-order valence-electron chi connectivity index (χ0n) is 14.7. The van der Waals surface area contributed by atoms with E-state index in [1.54, 1.807) is 12.1 Å². The van der Waals surface area contributed by atoms with E-state index in [-0.39, 0.29) is 17.4 Å². The Balaban J connectivity index is 2.25. The fourth-order valence-corrected chi connectivity index (χ4v) is 2.69. The van der Waals surface area contributed by atoms with Crippen LogP contribution in [0.25, 0.3) is 0 Å². The third kappa shape index (κ3) is 5.08. The van der Waals surface area contributed by atoms with Crippen LogP contribution in [0.5, 0.6) is 11.5 Å². The van der Waals surface area contributed by atoms with Crippen molar-refractivity contribution in [2.45, 2.75) is 26.3 Å². The predicted octanol–water partition coefficient (Wildman–Crippen LogP) is 2.14. The minimum Gasteiger partial charge on any atom is -0.507 e. The van der Waals surface area contributed by atoms with E-state index < -0.39 is 0 Å². The number of ether oxygens (including phenoxy) is 2. The lowest BCUT2D eigenvalue weighted by Crippen LogP contribution is -2.28. The highest BCUT2D eigenvalue weighted by Crippen LogP contribution is 2.27. The van der Waals surface area contributed by atoms with Crippen LogP contribution in [0.1, 0.15) is 30.6 Å². The molecule has 0 fully saturated rings. The first-order chi connectivity index (χ1) is 12.1. The van der Waals surface area contributed by atoms with Crippen LogP contribution in [-0.4, -0.2) is 43.8 Å². The molecular weight excluding hydrogens is 320 g/mol. The van der Waals surface area contributed by atoms with Gasteiger partial charge in [-0.3, -0.25) is 4.79 Å². The largest absolute Gasteiger partial charge is 0.507 e. The summed E-state index contributed by atoms with van der Waals surface area (Å²) < 4.78 is 11.4. The lowest BCUT2D eigenvalue weighted by molar-refractivity contribution is 0.111. The van der Waals surface area contributed by atoms with Crippen molar-refractivity contribution < 1.29 is 19.4 Å². The molecule has 1 aromatic rings. The topological polar surface area (TPSA) is 93.8 Å². The number of phenols is 1. The Bertz CT molecular complexity index is 665. The minimum absolute atomic E-state index is 0.0844. The van der Waals surface area contributed by atoms with Gasteiger partial charge in [0.15, 0.2) is 6.29 Å². The molecule has 0 amide bonds. The molecule has 136 valence electrons. The molecule has 1 aromatic carbocycles. The number of phenolic OH excluding ortho intramolecular Hbond substituents is 1. The molecule has 0 radical (unpaired) electrons. The molecule has 1 heterocycles. The Labute approximate surface area is 148 Å². The smallest absolute Gasteiger partial charge is 0.157 e. The van der Waals surface area contributed by atoms with Crippen LogP contribution in [-0.2, 0) is 4.74 Å². The summed E-state index contributed by atoms with van der Waals surface area (Å²) in [6, 6.07) is 5.05. The average Bonchev–Trinajstić information content (AvgIpc) is 2.59. The van der Waals surface area contributed by atoms with Crippen molar-refractivity contribution in [1.29, 1.82) is 0 Å². The van der Waals surface area contributed by atoms with Gasteiger partial charge >= 0.3 is 0 Å². The van der Waals surface area contributed by atoms with Crippen molar-refractivity contribution in [1.82, 2.24) is 5.32 Å². The third-order valence-corrected chi connectivity index (χ3v) is 3.88. The van der Waals surface area contributed by atoms with Crippen molar-refractivity contribution in [2.75, 3.05) is 26.4 Å². The van der Waals surface area contributed by atoms with E-state index in [4.69, 9.17) is 15.2 Å². The monoisotopic (exact) mass is 346 g/mol. The highest BCUT2D eigenvalue weighted by molar-refractivity contribution is 5.83. The summed E-state index contributed by atoms with van der Waals surface area (Å²) in [4.78, 5) is 11.2. The van der Waals surface area contributed by atoms with Crippen LogP contribution >= 0.6 is 0 Å². The lowest BCUT2D eigenvalue weighted by Gasteiger charge is -2.25. The van der Waals surface area contributed by atoms with E-state index in [9.17, 15) is 9.90 Å². The van der Waals surface area contributed by atoms with Gasteiger partial charge in [-0.25, -0.2) is 0 Å². The van der Waals surface area contributed by atoms with Gasteiger partial charge in [-0.1, -0.05) is 6.07 Å². The quantitative estimate of drug-likeness (QED) is 0.625. The second kappa shape index (κ2) is 9.25. The average molecular weight is 346 g/mol. The van der Waals surface area contributed by atoms with Crippen molar-refractivity contribution >= 4 is 6.29 Å². The summed E-state index contributed by atoms with van der Waals surface area (Å²) >= 11 is 0. The van der Waals surface area contributed by atoms with Crippen LogP contribution < -0.4 is 15.8 Å². The van der Waals surface area contributed by atoms with Gasteiger partial charge in [0, 0.05) is 23.9 Å². The summed E-state index contributed by atoms with van der Waals surface area (Å²) in [5.74, 6) is 0.286. The Morgan fingerprint density at radius 2 is 2.28 bits per heavy atom. The van der Waals surface area contributed by atoms with Crippen LogP contribution in [0.15, 0.2) is 41.1 Å². The van der Waals surface area contributed by atoms with E-state index in [1.165, 1.54) is 6.07 Å². The van der Waals surface area contributed by atoms with E-state index in [2.05, 4.69) is 19.2 Å². The van der Waals surface area contributed by atoms with Gasteiger partial charge in [-0.05, 0) is 44.1 Å². The minimum atomic E-state index is -0.0844. The van der Waals surface area contributed by atoms with Crippen molar-refractivity contribution in [2.24, 2.45) is 5.73 Å². The number of hydrogen-bond donors (Lipinski definition) is 3. The summed E-state index contributed by atoms with van der Waals surface area (Å²) in [6.07, 6.45) is 3.28. The molecule has 0 saturated heterocycles. The lowest BCUT2D eigenvalue weighted by atomic mass is 10.0. The van der Waals surface area contributed by atoms with Gasteiger partial charge in [0.2, 0.25) is 0 Å². The number of carbonyl (C=O) groups is 1. The normalized spacial score (nSPS) is 15.4. The maximum Gasteiger partial charge on any atom is 0.157 e. The molecular formula is C19H26N2O4. The molecule has 25 heavy (non-hydrogen) atoms. The van der Waals surface area contributed by atoms with Crippen LogP contribution in [0.3, 0.4) is 0 Å². The Kier molecular flexibility index (Phi) is 7.03. The number of aromatic hydroxyl groups is 1. The standard InChI is InChI=1S/C19H26N2O4/c1-13(2)21-17(6-8-20)16-12-24-9-7-14(16)11-25-19-5-3-4-18(23)15(19)10-22/h3-6,10,13,21,23H,7-9,11-12,20H2,1-2H3/b17-6-. The summed E-state index contributed by atoms with van der Waals surface area (Å²) in [6.45, 7) is 5.99. The van der Waals surface area contributed by atoms with Crippen molar-refractivity contribution in [3.05, 3.63) is 46.7 Å². The molecule has 0 unspecified atom stereocenters. The number of hydrogen-bond acceptors (Lipinski definition) is 6. The first kappa shape index (κ1) is 19.0. The molecule has 0 bridgehead atoms. The Morgan fingerprint density at radius 3 is 2.96 bits per heavy atom. The first-order valence-corrected chi connectivity index (χ1v) is 8.42. The van der Waals surface area contributed by atoms with Crippen molar-refractivity contribution in [3.8, 4) is 11.5 Å². The molecule has 1 aliphatic rings. The maximum atomic E-state index is 11.2. The summed E-state index contributed by atoms with van der Waals surface area (Å²) in [5.41, 5.74) is 8.96. The van der Waals surface area contributed by atoms with Crippen LogP contribution in [0, 0.1) is 0 Å². The highest BCUT2D eigenvalue weighted by Gasteiger charge is 2.18. The van der Waals surface area contributed by atoms with Gasteiger partial charge in [0.25, 0.3) is 0 Å². The molecule has 6 heteroatoms. The molecule has 0 aromatic heterocycles. The molecule has 0 atom stereocenters. The molecule has 0 saturated carbocycles. The summed E-state index contributed by atoms with van der Waals surface area (Å²) in [7, 11) is 0. The van der Waals surface area contributed by atoms with E-state index in [1.807, 2.05) is 6.08 Å². The fourth-order valence-electron chi connectivity index (χ4n) is 2.69. The zero-order valence-corrected chi connectivity index (χ0v) is 14.7. The van der Waals surface area contributed by atoms with E-state index in [0.717, 1.165) is 23.3 Å². The molecule has 0 aliphatic carbocycles.